The van der Waals surface area contributed by atoms with Crippen LogP contribution in [0.3, 0.4) is 0 Å². The summed E-state index contributed by atoms with van der Waals surface area (Å²) in [6.07, 6.45) is 0. The van der Waals surface area contributed by atoms with Crippen molar-refractivity contribution in [2.75, 3.05) is 0 Å². The molecular formula is C16H8Br10O2-2. The van der Waals surface area contributed by atoms with Gasteiger partial charge in [0.15, 0.2) is 0 Å². The zero-order valence-electron chi connectivity index (χ0n) is 13.4. The second kappa shape index (κ2) is 16.0. The third-order valence-electron chi connectivity index (χ3n) is 2.34. The second-order valence-electron chi connectivity index (χ2n) is 3.80. The summed E-state index contributed by atoms with van der Waals surface area (Å²) in [4.78, 5) is 0. The van der Waals surface area contributed by atoms with Crippen LogP contribution < -0.4 is 10.2 Å². The number of hydrogen-bond acceptors (Lipinski definition) is 2. The minimum atomic E-state index is -0.0862. The summed E-state index contributed by atoms with van der Waals surface area (Å²) < 4.78 is 6.47. The van der Waals surface area contributed by atoms with Crippen molar-refractivity contribution in [3.8, 4) is 11.5 Å². The van der Waals surface area contributed by atoms with Gasteiger partial charge in [-0.1, -0.05) is 75.2 Å². The average Bonchev–Trinajstić information content (AvgIpc) is 2.74. The van der Waals surface area contributed by atoms with E-state index in [1.54, 1.807) is 0 Å². The highest BCUT2D eigenvalue weighted by molar-refractivity contribution is 9.16. The first-order valence-corrected chi connectivity index (χ1v) is 14.2. The molecule has 0 N–H and O–H groups in total. The molecule has 2 nitrogen and oxygen atoms in total. The van der Waals surface area contributed by atoms with Gasteiger partial charge in [0.05, 0.1) is 0 Å². The van der Waals surface area contributed by atoms with Crippen molar-refractivity contribution in [1.82, 2.24) is 0 Å². The summed E-state index contributed by atoms with van der Waals surface area (Å²) in [5.74, 6) is -0.172. The van der Waals surface area contributed by atoms with Crippen molar-refractivity contribution in [2.45, 2.75) is 0 Å². The molecule has 0 spiro atoms. The maximum Gasteiger partial charge on any atom is 0.0482 e. The van der Waals surface area contributed by atoms with Gasteiger partial charge in [-0.3, -0.25) is 0 Å². The lowest BCUT2D eigenvalue weighted by atomic mass is 10.3. The number of hydrogen-bond donors (Lipinski definition) is 0. The lowest BCUT2D eigenvalue weighted by Gasteiger charge is -2.16. The van der Waals surface area contributed by atoms with Crippen LogP contribution in [0.15, 0.2) is 71.0 Å². The second-order valence-corrected chi connectivity index (χ2v) is 11.7. The van der Waals surface area contributed by atoms with Crippen molar-refractivity contribution in [1.29, 1.82) is 0 Å². The standard InChI is InChI=1S/2C6HBr5O.2C2H4/c2*7-1-2(8)4(10)6(12)5(11)3(1)9;2*1-2/h2*12H;2*1-2H2/p-2. The predicted molar refractivity (Wildman–Crippen MR) is 151 cm³/mol. The van der Waals surface area contributed by atoms with Gasteiger partial charge in [0.25, 0.3) is 0 Å². The molecule has 0 amide bonds. The lowest BCUT2D eigenvalue weighted by Crippen LogP contribution is -1.94. The summed E-state index contributed by atoms with van der Waals surface area (Å²) in [7, 11) is 0. The van der Waals surface area contributed by atoms with Crippen LogP contribution in [0.1, 0.15) is 0 Å². The molecule has 12 heteroatoms. The molecule has 2 rings (SSSR count). The topological polar surface area (TPSA) is 46.1 Å². The quantitative estimate of drug-likeness (QED) is 0.150. The SMILES string of the molecule is C=C.C=C.[O-]c1c(Br)c(Br)c(Br)c(Br)c1Br.[O-]c1c(Br)c(Br)c(Br)c(Br)c1Br. The molecule has 0 aliphatic carbocycles. The van der Waals surface area contributed by atoms with Crippen LogP contribution in [-0.2, 0) is 0 Å². The van der Waals surface area contributed by atoms with E-state index in [-0.39, 0.29) is 11.5 Å². The molecule has 2 aromatic rings. The van der Waals surface area contributed by atoms with E-state index in [1.165, 1.54) is 0 Å². The van der Waals surface area contributed by atoms with Crippen LogP contribution in [-0.4, -0.2) is 0 Å². The average molecular weight is 1030 g/mol. The third kappa shape index (κ3) is 8.35. The highest BCUT2D eigenvalue weighted by Crippen LogP contribution is 2.47. The van der Waals surface area contributed by atoms with Crippen molar-refractivity contribution in [3.63, 3.8) is 0 Å². The molecule has 28 heavy (non-hydrogen) atoms. The Balaban J connectivity index is 0. The molecule has 0 radical (unpaired) electrons. The van der Waals surface area contributed by atoms with Crippen molar-refractivity contribution in [3.05, 3.63) is 71.0 Å². The number of benzene rings is 2. The molecule has 0 fully saturated rings. The molecule has 0 aliphatic rings. The van der Waals surface area contributed by atoms with E-state index in [1.807, 2.05) is 0 Å². The van der Waals surface area contributed by atoms with Gasteiger partial charge in [-0.15, -0.1) is 26.3 Å². The summed E-state index contributed by atoms with van der Waals surface area (Å²) >= 11 is 32.4. The molecule has 0 heterocycles. The maximum atomic E-state index is 11.4. The number of rotatable bonds is 0. The first-order chi connectivity index (χ1) is 12.9. The first kappa shape index (κ1) is 32.5. The van der Waals surface area contributed by atoms with Crippen LogP contribution in [0.25, 0.3) is 0 Å². The minimum Gasteiger partial charge on any atom is -0.871 e. The van der Waals surface area contributed by atoms with E-state index >= 15 is 0 Å². The molecule has 0 bridgehead atoms. The van der Waals surface area contributed by atoms with E-state index in [2.05, 4.69) is 186 Å². The summed E-state index contributed by atoms with van der Waals surface area (Å²) in [6.45, 7) is 12.0. The van der Waals surface area contributed by atoms with Crippen molar-refractivity contribution >= 4 is 159 Å². The van der Waals surface area contributed by atoms with Gasteiger partial charge >= 0.3 is 0 Å². The predicted octanol–water partition coefficient (Wildman–Crippen LogP) is 10.7. The highest BCUT2D eigenvalue weighted by atomic mass is 79.9. The molecule has 156 valence electrons. The lowest BCUT2D eigenvalue weighted by molar-refractivity contribution is -0.271. The van der Waals surface area contributed by atoms with Gasteiger partial charge in [-0.2, -0.15) is 0 Å². The monoisotopic (exact) mass is 1020 g/mol. The normalized spacial score (nSPS) is 9.21. The first-order valence-electron chi connectivity index (χ1n) is 6.30. The van der Waals surface area contributed by atoms with Gasteiger partial charge in [0.1, 0.15) is 0 Å². The Hall–Kier alpha value is 2.32. The Morgan fingerprint density at radius 1 is 0.321 bits per heavy atom. The fourth-order valence-electron chi connectivity index (χ4n) is 1.17. The Bertz CT molecular complexity index is 560. The Kier molecular flexibility index (Phi) is 18.6. The van der Waals surface area contributed by atoms with Crippen LogP contribution in [0.2, 0.25) is 0 Å². The molecule has 0 saturated heterocycles. The highest BCUT2D eigenvalue weighted by Gasteiger charge is 2.12. The molecule has 2 aromatic carbocycles. The van der Waals surface area contributed by atoms with E-state index < -0.39 is 0 Å². The summed E-state index contributed by atoms with van der Waals surface area (Å²) in [5, 5.41) is 22.8. The molecular weight excluding hydrogens is 1020 g/mol. The van der Waals surface area contributed by atoms with Crippen LogP contribution in [0.5, 0.6) is 11.5 Å². The fraction of sp³-hybridized carbons (Fsp3) is 0. The van der Waals surface area contributed by atoms with E-state index in [0.717, 1.165) is 8.95 Å². The van der Waals surface area contributed by atoms with Gasteiger partial charge < -0.3 is 10.2 Å². The Labute approximate surface area is 248 Å². The molecule has 0 saturated carbocycles. The summed E-state index contributed by atoms with van der Waals surface area (Å²) in [5.41, 5.74) is 0. The zero-order chi connectivity index (χ0) is 22.9. The molecule has 0 aromatic heterocycles. The molecule has 0 unspecified atom stereocenters. The largest absolute Gasteiger partial charge is 0.871 e. The Morgan fingerprint density at radius 3 is 0.571 bits per heavy atom. The maximum absolute atomic E-state index is 11.4. The zero-order valence-corrected chi connectivity index (χ0v) is 29.3. The van der Waals surface area contributed by atoms with Gasteiger partial charge in [0.2, 0.25) is 0 Å². The number of halogens is 10. The van der Waals surface area contributed by atoms with Gasteiger partial charge in [-0.05, 0) is 95.6 Å². The Morgan fingerprint density at radius 2 is 0.429 bits per heavy atom. The van der Waals surface area contributed by atoms with Crippen LogP contribution in [0, 0.1) is 0 Å². The van der Waals surface area contributed by atoms with Crippen molar-refractivity contribution in [2.24, 2.45) is 0 Å². The van der Waals surface area contributed by atoms with Crippen LogP contribution >= 0.6 is 159 Å². The minimum absolute atomic E-state index is 0.0862. The van der Waals surface area contributed by atoms with E-state index in [9.17, 15) is 10.2 Å². The molecule has 0 aliphatic heterocycles. The third-order valence-corrected chi connectivity index (χ3v) is 14.4. The van der Waals surface area contributed by atoms with Crippen LogP contribution in [0.4, 0.5) is 0 Å². The van der Waals surface area contributed by atoms with E-state index in [4.69, 9.17) is 0 Å². The van der Waals surface area contributed by atoms with Gasteiger partial charge in [-0.25, -0.2) is 0 Å². The summed E-state index contributed by atoms with van der Waals surface area (Å²) in [6, 6.07) is 0. The smallest absolute Gasteiger partial charge is 0.0482 e. The fourth-order valence-corrected chi connectivity index (χ4v) is 7.19. The van der Waals surface area contributed by atoms with E-state index in [0.29, 0.717) is 35.8 Å². The van der Waals surface area contributed by atoms with Crippen molar-refractivity contribution < 1.29 is 10.2 Å². The molecule has 0 atom stereocenters. The van der Waals surface area contributed by atoms with Gasteiger partial charge in [0, 0.05) is 44.7 Å².